The van der Waals surface area contributed by atoms with Gasteiger partial charge in [-0.2, -0.15) is 11.3 Å². The van der Waals surface area contributed by atoms with Crippen molar-refractivity contribution in [2.75, 3.05) is 0 Å². The Bertz CT molecular complexity index is 233. The lowest BCUT2D eigenvalue weighted by Crippen LogP contribution is -2.14. The Hall–Kier alpha value is -0.0100. The van der Waals surface area contributed by atoms with Crippen LogP contribution in [0.2, 0.25) is 0 Å². The standard InChI is InChI=1S/C11H17ClS/c1-11(2,3)7-10(12)6-9-4-5-13-8-9/h4-5,8,10H,6-7H2,1-3H3. The predicted octanol–water partition coefficient (Wildman–Crippen LogP) is 4.33. The molecule has 0 amide bonds. The maximum atomic E-state index is 6.26. The molecule has 0 saturated carbocycles. The van der Waals surface area contributed by atoms with Crippen LogP contribution >= 0.6 is 22.9 Å². The van der Waals surface area contributed by atoms with Crippen molar-refractivity contribution in [1.29, 1.82) is 0 Å². The molecule has 13 heavy (non-hydrogen) atoms. The maximum absolute atomic E-state index is 6.26. The number of halogens is 1. The first-order valence-corrected chi connectivity index (χ1v) is 6.00. The van der Waals surface area contributed by atoms with Gasteiger partial charge in [0.15, 0.2) is 0 Å². The van der Waals surface area contributed by atoms with Gasteiger partial charge in [0.2, 0.25) is 0 Å². The number of hydrogen-bond donors (Lipinski definition) is 0. The van der Waals surface area contributed by atoms with Crippen LogP contribution in [-0.2, 0) is 6.42 Å². The lowest BCUT2D eigenvalue weighted by atomic mass is 9.89. The fourth-order valence-corrected chi connectivity index (χ4v) is 2.72. The molecule has 1 aromatic rings. The van der Waals surface area contributed by atoms with Crippen molar-refractivity contribution < 1.29 is 0 Å². The molecular weight excluding hydrogens is 200 g/mol. The second-order valence-electron chi connectivity index (χ2n) is 4.70. The molecule has 1 heterocycles. The minimum atomic E-state index is 0.273. The van der Waals surface area contributed by atoms with Crippen molar-refractivity contribution in [3.05, 3.63) is 22.4 Å². The van der Waals surface area contributed by atoms with Crippen molar-refractivity contribution in [2.45, 2.75) is 39.0 Å². The SMILES string of the molecule is CC(C)(C)CC(Cl)Cc1ccsc1. The van der Waals surface area contributed by atoms with Crippen LogP contribution in [0.15, 0.2) is 16.8 Å². The Labute approximate surface area is 89.9 Å². The van der Waals surface area contributed by atoms with Crippen molar-refractivity contribution in [1.82, 2.24) is 0 Å². The zero-order valence-electron chi connectivity index (χ0n) is 8.51. The van der Waals surface area contributed by atoms with Gasteiger partial charge in [0.1, 0.15) is 0 Å². The highest BCUT2D eigenvalue weighted by Crippen LogP contribution is 2.26. The molecule has 2 heteroatoms. The van der Waals surface area contributed by atoms with Gasteiger partial charge in [-0.3, -0.25) is 0 Å². The van der Waals surface area contributed by atoms with Gasteiger partial charge in [-0.15, -0.1) is 11.6 Å². The van der Waals surface area contributed by atoms with Crippen LogP contribution in [0.3, 0.4) is 0 Å². The smallest absolute Gasteiger partial charge is 0.0381 e. The molecule has 1 rings (SSSR count). The molecule has 0 fully saturated rings. The molecule has 0 nitrogen and oxygen atoms in total. The first-order valence-electron chi connectivity index (χ1n) is 4.62. The number of hydrogen-bond acceptors (Lipinski definition) is 1. The van der Waals surface area contributed by atoms with Gasteiger partial charge in [-0.25, -0.2) is 0 Å². The normalized spacial score (nSPS) is 14.5. The van der Waals surface area contributed by atoms with E-state index in [4.69, 9.17) is 11.6 Å². The van der Waals surface area contributed by atoms with Gasteiger partial charge < -0.3 is 0 Å². The van der Waals surface area contributed by atoms with E-state index < -0.39 is 0 Å². The highest BCUT2D eigenvalue weighted by atomic mass is 35.5. The average molecular weight is 217 g/mol. The number of thiophene rings is 1. The second kappa shape index (κ2) is 4.47. The zero-order valence-corrected chi connectivity index (χ0v) is 10.1. The highest BCUT2D eigenvalue weighted by Gasteiger charge is 2.16. The Morgan fingerprint density at radius 1 is 1.46 bits per heavy atom. The Morgan fingerprint density at radius 3 is 2.62 bits per heavy atom. The minimum Gasteiger partial charge on any atom is -0.152 e. The molecule has 1 aromatic heterocycles. The summed E-state index contributed by atoms with van der Waals surface area (Å²) in [6.07, 6.45) is 2.08. The molecule has 1 unspecified atom stereocenters. The van der Waals surface area contributed by atoms with E-state index in [1.807, 2.05) is 0 Å². The van der Waals surface area contributed by atoms with E-state index in [1.54, 1.807) is 11.3 Å². The van der Waals surface area contributed by atoms with E-state index in [0.717, 1.165) is 12.8 Å². The summed E-state index contributed by atoms with van der Waals surface area (Å²) in [5, 5.41) is 4.56. The summed E-state index contributed by atoms with van der Waals surface area (Å²) in [4.78, 5) is 0. The molecular formula is C11H17ClS. The van der Waals surface area contributed by atoms with Gasteiger partial charge in [0, 0.05) is 5.38 Å². The van der Waals surface area contributed by atoms with Gasteiger partial charge in [0.05, 0.1) is 0 Å². The van der Waals surface area contributed by atoms with Crippen LogP contribution < -0.4 is 0 Å². The maximum Gasteiger partial charge on any atom is 0.0381 e. The largest absolute Gasteiger partial charge is 0.152 e. The highest BCUT2D eigenvalue weighted by molar-refractivity contribution is 7.07. The van der Waals surface area contributed by atoms with E-state index in [2.05, 4.69) is 37.6 Å². The van der Waals surface area contributed by atoms with E-state index >= 15 is 0 Å². The fourth-order valence-electron chi connectivity index (χ4n) is 1.40. The minimum absolute atomic E-state index is 0.273. The third kappa shape index (κ3) is 4.68. The molecule has 0 radical (unpaired) electrons. The molecule has 0 aliphatic carbocycles. The topological polar surface area (TPSA) is 0 Å². The third-order valence-corrected chi connectivity index (χ3v) is 2.91. The summed E-state index contributed by atoms with van der Waals surface area (Å²) in [7, 11) is 0. The Kier molecular flexibility index (Phi) is 3.81. The Morgan fingerprint density at radius 2 is 2.15 bits per heavy atom. The van der Waals surface area contributed by atoms with Crippen molar-refractivity contribution >= 4 is 22.9 Å². The van der Waals surface area contributed by atoms with E-state index in [-0.39, 0.29) is 5.38 Å². The molecule has 74 valence electrons. The average Bonchev–Trinajstić information content (AvgIpc) is 2.34. The number of rotatable bonds is 3. The van der Waals surface area contributed by atoms with Crippen LogP contribution in [0.1, 0.15) is 32.8 Å². The zero-order chi connectivity index (χ0) is 9.90. The van der Waals surface area contributed by atoms with E-state index in [1.165, 1.54) is 5.56 Å². The Balaban J connectivity index is 2.38. The van der Waals surface area contributed by atoms with Crippen LogP contribution in [0.5, 0.6) is 0 Å². The molecule has 0 spiro atoms. The van der Waals surface area contributed by atoms with E-state index in [0.29, 0.717) is 5.41 Å². The molecule has 0 aliphatic heterocycles. The van der Waals surface area contributed by atoms with E-state index in [9.17, 15) is 0 Å². The molecule has 0 N–H and O–H groups in total. The summed E-state index contributed by atoms with van der Waals surface area (Å²) >= 11 is 8.00. The number of alkyl halides is 1. The quantitative estimate of drug-likeness (QED) is 0.660. The van der Waals surface area contributed by atoms with Crippen molar-refractivity contribution in [3.8, 4) is 0 Å². The molecule has 0 aliphatic rings. The lowest BCUT2D eigenvalue weighted by Gasteiger charge is -2.21. The lowest BCUT2D eigenvalue weighted by molar-refractivity contribution is 0.369. The van der Waals surface area contributed by atoms with Crippen LogP contribution in [0.4, 0.5) is 0 Å². The predicted molar refractivity (Wildman–Crippen MR) is 61.7 cm³/mol. The molecule has 0 bridgehead atoms. The third-order valence-electron chi connectivity index (χ3n) is 1.87. The molecule has 1 atom stereocenters. The summed E-state index contributed by atoms with van der Waals surface area (Å²) in [6.45, 7) is 6.70. The van der Waals surface area contributed by atoms with Gasteiger partial charge in [0.25, 0.3) is 0 Å². The molecule has 0 saturated heterocycles. The first-order chi connectivity index (χ1) is 5.97. The van der Waals surface area contributed by atoms with Crippen LogP contribution in [0.25, 0.3) is 0 Å². The summed E-state index contributed by atoms with van der Waals surface area (Å²) in [6, 6.07) is 2.16. The fraction of sp³-hybridized carbons (Fsp3) is 0.636. The van der Waals surface area contributed by atoms with Crippen LogP contribution in [0, 0.1) is 5.41 Å². The summed E-state index contributed by atoms with van der Waals surface area (Å²) in [5.74, 6) is 0. The monoisotopic (exact) mass is 216 g/mol. The summed E-state index contributed by atoms with van der Waals surface area (Å²) in [5.41, 5.74) is 1.71. The molecule has 0 aromatic carbocycles. The van der Waals surface area contributed by atoms with Gasteiger partial charge in [-0.1, -0.05) is 20.8 Å². The first kappa shape index (κ1) is 11.1. The second-order valence-corrected chi connectivity index (χ2v) is 6.10. The summed E-state index contributed by atoms with van der Waals surface area (Å²) < 4.78 is 0. The van der Waals surface area contributed by atoms with Crippen molar-refractivity contribution in [2.24, 2.45) is 5.41 Å². The van der Waals surface area contributed by atoms with Gasteiger partial charge >= 0.3 is 0 Å². The van der Waals surface area contributed by atoms with Crippen LogP contribution in [-0.4, -0.2) is 5.38 Å². The van der Waals surface area contributed by atoms with Crippen molar-refractivity contribution in [3.63, 3.8) is 0 Å². The van der Waals surface area contributed by atoms with Gasteiger partial charge in [-0.05, 0) is 40.6 Å².